The molecule has 0 aliphatic heterocycles. The van der Waals surface area contributed by atoms with Crippen LogP contribution in [0.15, 0.2) is 37.5 Å². The molecule has 9 heteroatoms. The summed E-state index contributed by atoms with van der Waals surface area (Å²) in [6.07, 6.45) is 0. The van der Waals surface area contributed by atoms with Crippen LogP contribution in [0.3, 0.4) is 0 Å². The Balaban J connectivity index is 0.00000264. The van der Waals surface area contributed by atoms with Crippen LogP contribution in [-0.2, 0) is 13.1 Å². The van der Waals surface area contributed by atoms with Crippen LogP contribution in [0.2, 0.25) is 0 Å². The summed E-state index contributed by atoms with van der Waals surface area (Å²) in [6, 6.07) is 7.38. The number of carbonyl (C=O) groups excluding carboxylic acids is 1. The van der Waals surface area contributed by atoms with Crippen molar-refractivity contribution in [2.45, 2.75) is 13.1 Å². The normalized spacial score (nSPS) is 11.0. The van der Waals surface area contributed by atoms with Gasteiger partial charge in [0, 0.05) is 19.0 Å². The SMILES string of the molecule is CN=C(NCc1ccc(C(N)=O)o1)N(C)Cc1ccc(Br)s1.I. The first-order chi connectivity index (χ1) is 10.5. The Labute approximate surface area is 164 Å². The van der Waals surface area contributed by atoms with Crippen LogP contribution in [0.1, 0.15) is 21.2 Å². The van der Waals surface area contributed by atoms with Crippen molar-refractivity contribution in [2.75, 3.05) is 14.1 Å². The first-order valence-electron chi connectivity index (χ1n) is 6.54. The van der Waals surface area contributed by atoms with Crippen LogP contribution < -0.4 is 11.1 Å². The molecule has 1 amide bonds. The number of amides is 1. The van der Waals surface area contributed by atoms with Crippen LogP contribution in [0.5, 0.6) is 0 Å². The Hall–Kier alpha value is -1.07. The molecule has 0 aliphatic carbocycles. The number of aliphatic imine (C=N–C) groups is 1. The van der Waals surface area contributed by atoms with E-state index in [-0.39, 0.29) is 29.7 Å². The van der Waals surface area contributed by atoms with Gasteiger partial charge in [0.25, 0.3) is 5.91 Å². The zero-order valence-corrected chi connectivity index (χ0v) is 17.4. The lowest BCUT2D eigenvalue weighted by molar-refractivity contribution is 0.0972. The van der Waals surface area contributed by atoms with Crippen molar-refractivity contribution in [2.24, 2.45) is 10.7 Å². The van der Waals surface area contributed by atoms with E-state index in [4.69, 9.17) is 10.2 Å². The highest BCUT2D eigenvalue weighted by atomic mass is 127. The van der Waals surface area contributed by atoms with Crippen molar-refractivity contribution in [3.63, 3.8) is 0 Å². The number of furan rings is 1. The Kier molecular flexibility index (Phi) is 8.06. The number of thiophene rings is 1. The summed E-state index contributed by atoms with van der Waals surface area (Å²) in [6.45, 7) is 1.18. The third-order valence-corrected chi connectivity index (χ3v) is 4.53. The number of nitrogens with one attached hydrogen (secondary N) is 1. The number of rotatable bonds is 5. The maximum atomic E-state index is 11.0. The minimum absolute atomic E-state index is 0. The largest absolute Gasteiger partial charge is 0.454 e. The van der Waals surface area contributed by atoms with Crippen molar-refractivity contribution in [3.8, 4) is 0 Å². The predicted octanol–water partition coefficient (Wildman–Crippen LogP) is 3.03. The summed E-state index contributed by atoms with van der Waals surface area (Å²) in [5.74, 6) is 0.948. The summed E-state index contributed by atoms with van der Waals surface area (Å²) in [4.78, 5) is 18.5. The summed E-state index contributed by atoms with van der Waals surface area (Å²) >= 11 is 5.14. The molecule has 0 fully saturated rings. The van der Waals surface area contributed by atoms with Crippen LogP contribution in [-0.4, -0.2) is 30.9 Å². The average Bonchev–Trinajstić information content (AvgIpc) is 3.09. The molecule has 2 aromatic heterocycles. The maximum Gasteiger partial charge on any atom is 0.284 e. The van der Waals surface area contributed by atoms with Gasteiger partial charge in [0.2, 0.25) is 0 Å². The fraction of sp³-hybridized carbons (Fsp3) is 0.286. The minimum atomic E-state index is -0.573. The monoisotopic (exact) mass is 512 g/mol. The topological polar surface area (TPSA) is 83.9 Å². The van der Waals surface area contributed by atoms with Crippen LogP contribution in [0, 0.1) is 0 Å². The number of guanidine groups is 1. The van der Waals surface area contributed by atoms with Crippen molar-refractivity contribution < 1.29 is 9.21 Å². The first-order valence-corrected chi connectivity index (χ1v) is 8.15. The molecule has 0 bridgehead atoms. The third-order valence-electron chi connectivity index (χ3n) is 2.92. The van der Waals surface area contributed by atoms with Gasteiger partial charge in [-0.2, -0.15) is 0 Å². The molecule has 0 saturated carbocycles. The molecule has 0 unspecified atom stereocenters. The van der Waals surface area contributed by atoms with Crippen LogP contribution in [0.4, 0.5) is 0 Å². The zero-order valence-electron chi connectivity index (χ0n) is 12.7. The number of hydrogen-bond acceptors (Lipinski definition) is 4. The van der Waals surface area contributed by atoms with E-state index in [2.05, 4.69) is 32.3 Å². The van der Waals surface area contributed by atoms with E-state index < -0.39 is 5.91 Å². The van der Waals surface area contributed by atoms with Crippen LogP contribution >= 0.6 is 51.2 Å². The zero-order chi connectivity index (χ0) is 16.1. The number of halogens is 2. The highest BCUT2D eigenvalue weighted by molar-refractivity contribution is 14.0. The van der Waals surface area contributed by atoms with Crippen molar-refractivity contribution in [1.29, 1.82) is 0 Å². The molecule has 0 saturated heterocycles. The molecular weight excluding hydrogens is 495 g/mol. The fourth-order valence-corrected chi connectivity index (χ4v) is 3.44. The summed E-state index contributed by atoms with van der Waals surface area (Å²) in [5, 5.41) is 3.19. The number of nitrogens with zero attached hydrogens (tertiary/aromatic N) is 2. The molecule has 23 heavy (non-hydrogen) atoms. The summed E-state index contributed by atoms with van der Waals surface area (Å²) < 4.78 is 6.43. The maximum absolute atomic E-state index is 11.0. The van der Waals surface area contributed by atoms with Gasteiger partial charge in [-0.1, -0.05) is 0 Å². The minimum Gasteiger partial charge on any atom is -0.454 e. The second kappa shape index (κ2) is 9.28. The van der Waals surface area contributed by atoms with E-state index in [9.17, 15) is 4.79 Å². The lowest BCUT2D eigenvalue weighted by Gasteiger charge is -2.21. The molecule has 0 radical (unpaired) electrons. The third kappa shape index (κ3) is 5.81. The molecule has 6 nitrogen and oxygen atoms in total. The summed E-state index contributed by atoms with van der Waals surface area (Å²) in [7, 11) is 3.68. The van der Waals surface area contributed by atoms with Gasteiger partial charge in [-0.3, -0.25) is 9.79 Å². The van der Waals surface area contributed by atoms with E-state index >= 15 is 0 Å². The predicted molar refractivity (Wildman–Crippen MR) is 106 cm³/mol. The quantitative estimate of drug-likeness (QED) is 0.366. The van der Waals surface area contributed by atoms with E-state index in [0.29, 0.717) is 12.3 Å². The van der Waals surface area contributed by atoms with Gasteiger partial charge >= 0.3 is 0 Å². The molecule has 0 aliphatic rings. The Morgan fingerprint density at radius 3 is 2.70 bits per heavy atom. The van der Waals surface area contributed by atoms with Crippen LogP contribution in [0.25, 0.3) is 0 Å². The molecule has 0 spiro atoms. The smallest absolute Gasteiger partial charge is 0.284 e. The molecule has 3 N–H and O–H groups in total. The van der Waals surface area contributed by atoms with Gasteiger partial charge in [0.15, 0.2) is 11.7 Å². The van der Waals surface area contributed by atoms with E-state index in [1.165, 1.54) is 4.88 Å². The molecule has 2 aromatic rings. The lowest BCUT2D eigenvalue weighted by Crippen LogP contribution is -2.37. The number of nitrogens with two attached hydrogens (primary N) is 1. The van der Waals surface area contributed by atoms with Gasteiger partial charge < -0.3 is 20.4 Å². The number of primary amides is 1. The molecule has 126 valence electrons. The summed E-state index contributed by atoms with van der Waals surface area (Å²) in [5.41, 5.74) is 5.16. The van der Waals surface area contributed by atoms with Crippen molar-refractivity contribution >= 4 is 63.1 Å². The Morgan fingerprint density at radius 1 is 1.43 bits per heavy atom. The van der Waals surface area contributed by atoms with E-state index in [1.54, 1.807) is 30.5 Å². The van der Waals surface area contributed by atoms with Gasteiger partial charge in [0.05, 0.1) is 16.9 Å². The number of hydrogen-bond donors (Lipinski definition) is 2. The van der Waals surface area contributed by atoms with Crippen molar-refractivity contribution in [1.82, 2.24) is 10.2 Å². The molecule has 2 rings (SSSR count). The molecule has 0 atom stereocenters. The van der Waals surface area contributed by atoms with Crippen molar-refractivity contribution in [3.05, 3.63) is 44.4 Å². The van der Waals surface area contributed by atoms with Gasteiger partial charge in [0.1, 0.15) is 5.76 Å². The van der Waals surface area contributed by atoms with Gasteiger partial charge in [-0.15, -0.1) is 35.3 Å². The molecule has 2 heterocycles. The standard InChI is InChI=1S/C14H17BrN4O2S.HI/c1-17-14(19(2)8-10-4-6-12(15)22-10)18-7-9-3-5-11(21-9)13(16)20;/h3-6H,7-8H2,1-2H3,(H2,16,20)(H,17,18);1H. The first kappa shape index (κ1) is 20.0. The number of carbonyl (C=O) groups is 1. The highest BCUT2D eigenvalue weighted by Gasteiger charge is 2.10. The average molecular weight is 513 g/mol. The van der Waals surface area contributed by atoms with Gasteiger partial charge in [-0.05, 0) is 40.2 Å². The second-order valence-electron chi connectivity index (χ2n) is 4.59. The Morgan fingerprint density at radius 2 is 2.17 bits per heavy atom. The highest BCUT2D eigenvalue weighted by Crippen LogP contribution is 2.23. The fourth-order valence-electron chi connectivity index (χ4n) is 1.90. The lowest BCUT2D eigenvalue weighted by atomic mass is 10.4. The Bertz CT molecular complexity index is 686. The van der Waals surface area contributed by atoms with E-state index in [0.717, 1.165) is 16.3 Å². The second-order valence-corrected chi connectivity index (χ2v) is 7.14. The molecule has 0 aromatic carbocycles. The van der Waals surface area contributed by atoms with E-state index in [1.807, 2.05) is 18.0 Å². The van der Waals surface area contributed by atoms with Gasteiger partial charge in [-0.25, -0.2) is 0 Å². The molecular formula is C14H18BrIN4O2S.